The van der Waals surface area contributed by atoms with E-state index in [1.165, 1.54) is 0 Å². The Morgan fingerprint density at radius 2 is 1.80 bits per heavy atom. The number of aliphatic hydroxyl groups is 1. The Morgan fingerprint density at radius 1 is 1.27 bits per heavy atom. The summed E-state index contributed by atoms with van der Waals surface area (Å²) in [5.41, 5.74) is 1.10. The standard InChI is InChI=1S/C11H13Cl2NO/c1-7(14-5-11(15)6-14)8-2-9(12)4-10(13)3-8/h2-4,7,11,15H,5-6H2,1H3/t7-/m0/s1. The lowest BCUT2D eigenvalue weighted by atomic mass is 10.0. The van der Waals surface area contributed by atoms with E-state index in [1.54, 1.807) is 6.07 Å². The molecule has 0 unspecified atom stereocenters. The zero-order valence-corrected chi connectivity index (χ0v) is 9.96. The van der Waals surface area contributed by atoms with Crippen molar-refractivity contribution in [3.8, 4) is 0 Å². The summed E-state index contributed by atoms with van der Waals surface area (Å²) in [6.07, 6.45) is -0.179. The lowest BCUT2D eigenvalue weighted by Gasteiger charge is -2.40. The molecule has 2 rings (SSSR count). The zero-order valence-electron chi connectivity index (χ0n) is 8.45. The summed E-state index contributed by atoms with van der Waals surface area (Å²) in [6, 6.07) is 5.82. The SMILES string of the molecule is C[C@@H](c1cc(Cl)cc(Cl)c1)N1CC(O)C1. The molecule has 1 aliphatic heterocycles. The summed E-state index contributed by atoms with van der Waals surface area (Å²) >= 11 is 11.9. The van der Waals surface area contributed by atoms with Crippen molar-refractivity contribution < 1.29 is 5.11 Å². The number of benzene rings is 1. The second-order valence-corrected chi connectivity index (χ2v) is 4.86. The summed E-state index contributed by atoms with van der Waals surface area (Å²) in [5.74, 6) is 0. The molecule has 0 bridgehead atoms. The molecule has 15 heavy (non-hydrogen) atoms. The van der Waals surface area contributed by atoms with Gasteiger partial charge in [0, 0.05) is 29.2 Å². The predicted molar refractivity (Wildman–Crippen MR) is 62.5 cm³/mol. The topological polar surface area (TPSA) is 23.5 Å². The van der Waals surface area contributed by atoms with Crippen molar-refractivity contribution >= 4 is 23.2 Å². The van der Waals surface area contributed by atoms with Crippen LogP contribution in [0.25, 0.3) is 0 Å². The number of rotatable bonds is 2. The van der Waals surface area contributed by atoms with Crippen LogP contribution in [0.2, 0.25) is 10.0 Å². The number of nitrogens with zero attached hydrogens (tertiary/aromatic N) is 1. The van der Waals surface area contributed by atoms with Crippen molar-refractivity contribution in [2.24, 2.45) is 0 Å². The summed E-state index contributed by atoms with van der Waals surface area (Å²) in [7, 11) is 0. The number of halogens is 2. The third-order valence-corrected chi connectivity index (χ3v) is 3.24. The van der Waals surface area contributed by atoms with E-state index in [9.17, 15) is 5.11 Å². The molecular formula is C11H13Cl2NO. The highest BCUT2D eigenvalue weighted by Crippen LogP contribution is 2.29. The molecule has 1 aromatic carbocycles. The molecular weight excluding hydrogens is 233 g/mol. The van der Waals surface area contributed by atoms with Crippen LogP contribution in [0.3, 0.4) is 0 Å². The largest absolute Gasteiger partial charge is 0.390 e. The third kappa shape index (κ3) is 2.45. The average molecular weight is 246 g/mol. The van der Waals surface area contributed by atoms with Crippen LogP contribution in [-0.2, 0) is 0 Å². The van der Waals surface area contributed by atoms with Crippen LogP contribution in [0.4, 0.5) is 0 Å². The Balaban J connectivity index is 2.14. The van der Waals surface area contributed by atoms with Crippen LogP contribution in [0, 0.1) is 0 Å². The van der Waals surface area contributed by atoms with Crippen molar-refractivity contribution in [1.82, 2.24) is 4.90 Å². The zero-order chi connectivity index (χ0) is 11.0. The van der Waals surface area contributed by atoms with Gasteiger partial charge in [0.25, 0.3) is 0 Å². The van der Waals surface area contributed by atoms with Crippen LogP contribution < -0.4 is 0 Å². The van der Waals surface area contributed by atoms with Gasteiger partial charge in [-0.1, -0.05) is 23.2 Å². The Bertz CT molecular complexity index is 343. The van der Waals surface area contributed by atoms with Gasteiger partial charge in [-0.3, -0.25) is 4.90 Å². The molecule has 0 spiro atoms. The molecule has 1 aromatic rings. The maximum atomic E-state index is 9.23. The second kappa shape index (κ2) is 4.30. The Morgan fingerprint density at radius 3 is 2.27 bits per heavy atom. The minimum Gasteiger partial charge on any atom is -0.390 e. The third-order valence-electron chi connectivity index (χ3n) is 2.81. The maximum Gasteiger partial charge on any atom is 0.0794 e. The number of hydrogen-bond donors (Lipinski definition) is 1. The monoisotopic (exact) mass is 245 g/mol. The molecule has 2 nitrogen and oxygen atoms in total. The van der Waals surface area contributed by atoms with E-state index in [4.69, 9.17) is 23.2 Å². The Labute approximate surface area is 99.4 Å². The molecule has 0 amide bonds. The van der Waals surface area contributed by atoms with E-state index in [0.717, 1.165) is 18.7 Å². The van der Waals surface area contributed by atoms with E-state index in [-0.39, 0.29) is 12.1 Å². The molecule has 1 heterocycles. The molecule has 4 heteroatoms. The van der Waals surface area contributed by atoms with E-state index in [0.29, 0.717) is 10.0 Å². The van der Waals surface area contributed by atoms with Gasteiger partial charge in [-0.25, -0.2) is 0 Å². The molecule has 0 aromatic heterocycles. The number of aliphatic hydroxyl groups excluding tert-OH is 1. The van der Waals surface area contributed by atoms with Gasteiger partial charge in [-0.15, -0.1) is 0 Å². The molecule has 1 aliphatic rings. The molecule has 1 fully saturated rings. The van der Waals surface area contributed by atoms with Crippen molar-refractivity contribution in [3.05, 3.63) is 33.8 Å². The van der Waals surface area contributed by atoms with E-state index in [1.807, 2.05) is 12.1 Å². The van der Waals surface area contributed by atoms with Gasteiger partial charge in [0.1, 0.15) is 0 Å². The van der Waals surface area contributed by atoms with Gasteiger partial charge in [0.15, 0.2) is 0 Å². The van der Waals surface area contributed by atoms with E-state index in [2.05, 4.69) is 11.8 Å². The first-order chi connectivity index (χ1) is 7.06. The van der Waals surface area contributed by atoms with Gasteiger partial charge >= 0.3 is 0 Å². The molecule has 0 saturated carbocycles. The Hall–Kier alpha value is -0.280. The van der Waals surface area contributed by atoms with Gasteiger partial charge in [-0.05, 0) is 30.7 Å². The number of hydrogen-bond acceptors (Lipinski definition) is 2. The highest BCUT2D eigenvalue weighted by Gasteiger charge is 2.29. The number of likely N-dealkylation sites (tertiary alicyclic amines) is 1. The highest BCUT2D eigenvalue weighted by molar-refractivity contribution is 6.34. The minimum atomic E-state index is -0.179. The van der Waals surface area contributed by atoms with Crippen molar-refractivity contribution in [2.75, 3.05) is 13.1 Å². The first kappa shape index (κ1) is 11.2. The average Bonchev–Trinajstić information content (AvgIpc) is 2.10. The van der Waals surface area contributed by atoms with Crippen LogP contribution in [-0.4, -0.2) is 29.2 Å². The summed E-state index contributed by atoms with van der Waals surface area (Å²) in [5, 5.41) is 10.5. The van der Waals surface area contributed by atoms with Crippen molar-refractivity contribution in [2.45, 2.75) is 19.1 Å². The highest BCUT2D eigenvalue weighted by atomic mass is 35.5. The van der Waals surface area contributed by atoms with Gasteiger partial charge in [0.2, 0.25) is 0 Å². The normalized spacial score (nSPS) is 20.0. The number of β-amino-alcohol motifs (C(OH)–C–C–N with tert-alkyl or cyclic N) is 1. The summed E-state index contributed by atoms with van der Waals surface area (Å²) in [6.45, 7) is 3.55. The smallest absolute Gasteiger partial charge is 0.0794 e. The van der Waals surface area contributed by atoms with E-state index < -0.39 is 0 Å². The molecule has 0 aliphatic carbocycles. The Kier molecular flexibility index (Phi) is 3.21. The molecule has 1 saturated heterocycles. The lowest BCUT2D eigenvalue weighted by Crippen LogP contribution is -2.51. The summed E-state index contributed by atoms with van der Waals surface area (Å²) in [4.78, 5) is 2.19. The minimum absolute atomic E-state index is 0.179. The molecule has 0 radical (unpaired) electrons. The molecule has 1 atom stereocenters. The summed E-state index contributed by atoms with van der Waals surface area (Å²) < 4.78 is 0. The fourth-order valence-electron chi connectivity index (χ4n) is 1.83. The fourth-order valence-corrected chi connectivity index (χ4v) is 2.37. The van der Waals surface area contributed by atoms with Crippen molar-refractivity contribution in [1.29, 1.82) is 0 Å². The van der Waals surface area contributed by atoms with Gasteiger partial charge in [-0.2, -0.15) is 0 Å². The van der Waals surface area contributed by atoms with Crippen LogP contribution in [0.5, 0.6) is 0 Å². The van der Waals surface area contributed by atoms with Gasteiger partial charge < -0.3 is 5.11 Å². The van der Waals surface area contributed by atoms with Crippen LogP contribution in [0.1, 0.15) is 18.5 Å². The lowest BCUT2D eigenvalue weighted by molar-refractivity contribution is -0.0211. The quantitative estimate of drug-likeness (QED) is 0.867. The molecule has 82 valence electrons. The van der Waals surface area contributed by atoms with Crippen molar-refractivity contribution in [3.63, 3.8) is 0 Å². The van der Waals surface area contributed by atoms with E-state index >= 15 is 0 Å². The fraction of sp³-hybridized carbons (Fsp3) is 0.455. The first-order valence-electron chi connectivity index (χ1n) is 4.94. The van der Waals surface area contributed by atoms with Crippen LogP contribution >= 0.6 is 23.2 Å². The van der Waals surface area contributed by atoms with Gasteiger partial charge in [0.05, 0.1) is 6.10 Å². The maximum absolute atomic E-state index is 9.23. The second-order valence-electron chi connectivity index (χ2n) is 3.99. The van der Waals surface area contributed by atoms with Crippen LogP contribution in [0.15, 0.2) is 18.2 Å². The predicted octanol–water partition coefficient (Wildman–Crippen LogP) is 2.73. The first-order valence-corrected chi connectivity index (χ1v) is 5.70. The molecule has 1 N–H and O–H groups in total.